The number of carboxylic acid groups (broad SMARTS) is 1. The molecule has 0 amide bonds. The molecule has 2 unspecified atom stereocenters. The van der Waals surface area contributed by atoms with E-state index in [9.17, 15) is 9.90 Å². The van der Waals surface area contributed by atoms with Crippen LogP contribution in [0.25, 0.3) is 0 Å². The molecule has 0 saturated heterocycles. The summed E-state index contributed by atoms with van der Waals surface area (Å²) in [5, 5.41) is 9.74. The third-order valence-electron chi connectivity index (χ3n) is 3.84. The molecule has 0 fully saturated rings. The topological polar surface area (TPSA) is 37.3 Å². The Morgan fingerprint density at radius 3 is 2.17 bits per heavy atom. The number of hydrogen-bond donors (Lipinski definition) is 1. The quantitative estimate of drug-likeness (QED) is 0.737. The number of aliphatic carboxylic acids is 1. The van der Waals surface area contributed by atoms with Gasteiger partial charge in [0.05, 0.1) is 4.20 Å². The van der Waals surface area contributed by atoms with E-state index in [1.54, 1.807) is 6.92 Å². The third kappa shape index (κ3) is 4.66. The Kier molecular flexibility index (Phi) is 5.97. The Morgan fingerprint density at radius 2 is 1.65 bits per heavy atom. The summed E-state index contributed by atoms with van der Waals surface area (Å²) in [6, 6.07) is 19.6. The van der Waals surface area contributed by atoms with Crippen molar-refractivity contribution in [3.8, 4) is 0 Å². The summed E-state index contributed by atoms with van der Waals surface area (Å²) in [5.41, 5.74) is 2.04. The first-order valence-electron chi connectivity index (χ1n) is 7.49. The predicted octanol–water partition coefficient (Wildman–Crippen LogP) is 5.13. The van der Waals surface area contributed by atoms with Crippen molar-refractivity contribution in [3.63, 3.8) is 0 Å². The highest BCUT2D eigenvalue weighted by Gasteiger charge is 2.37. The zero-order valence-electron chi connectivity index (χ0n) is 13.2. The Hall–Kier alpha value is -1.65. The van der Waals surface area contributed by atoms with E-state index in [0.29, 0.717) is 10.6 Å². The van der Waals surface area contributed by atoms with Crippen LogP contribution in [0, 0.1) is 0 Å². The highest BCUT2D eigenvalue weighted by Crippen LogP contribution is 2.38. The zero-order valence-corrected chi connectivity index (χ0v) is 14.9. The first-order chi connectivity index (χ1) is 10.9. The van der Waals surface area contributed by atoms with Gasteiger partial charge in [-0.2, -0.15) is 0 Å². The highest BCUT2D eigenvalue weighted by atomic mass is 32.2. The molecule has 0 aromatic heterocycles. The summed E-state index contributed by atoms with van der Waals surface area (Å²) in [6.07, 6.45) is 0.518. The van der Waals surface area contributed by atoms with Crippen LogP contribution in [0.15, 0.2) is 60.7 Å². The number of hydrogen-bond acceptors (Lipinski definition) is 3. The molecule has 2 aromatic rings. The predicted molar refractivity (Wildman–Crippen MR) is 101 cm³/mol. The largest absolute Gasteiger partial charge is 0.480 e. The molecule has 2 atom stereocenters. The number of thioether (sulfide) groups is 1. The van der Waals surface area contributed by atoms with Gasteiger partial charge in [-0.25, -0.2) is 0 Å². The molecule has 1 N–H and O–H groups in total. The molecule has 2 rings (SSSR count). The van der Waals surface area contributed by atoms with Gasteiger partial charge in [0.1, 0.15) is 4.75 Å². The minimum atomic E-state index is -0.956. The molecule has 0 saturated carbocycles. The first kappa shape index (κ1) is 17.7. The van der Waals surface area contributed by atoms with Gasteiger partial charge >= 0.3 is 5.97 Å². The molecule has 0 spiro atoms. The molecule has 0 aliphatic rings. The highest BCUT2D eigenvalue weighted by molar-refractivity contribution is 8.25. The molecular formula is C19H20O2S2. The molecule has 0 bridgehead atoms. The minimum absolute atomic E-state index is 0.142. The summed E-state index contributed by atoms with van der Waals surface area (Å²) >= 11 is 6.72. The van der Waals surface area contributed by atoms with Crippen molar-refractivity contribution < 1.29 is 9.90 Å². The Labute approximate surface area is 146 Å². The number of carboxylic acids is 1. The third-order valence-corrected chi connectivity index (χ3v) is 5.54. The second-order valence-electron chi connectivity index (χ2n) is 5.81. The van der Waals surface area contributed by atoms with Crippen LogP contribution in [0.1, 0.15) is 37.3 Å². The Morgan fingerprint density at radius 1 is 1.13 bits per heavy atom. The van der Waals surface area contributed by atoms with Crippen LogP contribution in [0.4, 0.5) is 0 Å². The molecule has 4 heteroatoms. The fourth-order valence-corrected chi connectivity index (χ4v) is 4.27. The van der Waals surface area contributed by atoms with Crippen LogP contribution >= 0.6 is 24.0 Å². The summed E-state index contributed by atoms with van der Waals surface area (Å²) in [4.78, 5) is 11.9. The fraction of sp³-hybridized carbons (Fsp3) is 0.263. The molecule has 2 aromatic carbocycles. The second kappa shape index (κ2) is 7.75. The molecule has 0 radical (unpaired) electrons. The van der Waals surface area contributed by atoms with Gasteiger partial charge < -0.3 is 5.11 Å². The van der Waals surface area contributed by atoms with Crippen molar-refractivity contribution >= 4 is 34.1 Å². The van der Waals surface area contributed by atoms with E-state index in [0.717, 1.165) is 11.1 Å². The second-order valence-corrected chi connectivity index (χ2v) is 7.99. The van der Waals surface area contributed by atoms with Gasteiger partial charge in [0.25, 0.3) is 0 Å². The van der Waals surface area contributed by atoms with Gasteiger partial charge in [-0.05, 0) is 30.4 Å². The van der Waals surface area contributed by atoms with Crippen molar-refractivity contribution in [1.82, 2.24) is 0 Å². The van der Waals surface area contributed by atoms with E-state index in [-0.39, 0.29) is 5.92 Å². The van der Waals surface area contributed by atoms with Gasteiger partial charge in [-0.15, -0.1) is 0 Å². The van der Waals surface area contributed by atoms with Crippen molar-refractivity contribution in [2.75, 3.05) is 0 Å². The lowest BCUT2D eigenvalue weighted by molar-refractivity contribution is -0.139. The first-order valence-corrected chi connectivity index (χ1v) is 8.71. The lowest BCUT2D eigenvalue weighted by atomic mass is 9.90. The van der Waals surface area contributed by atoms with E-state index >= 15 is 0 Å². The monoisotopic (exact) mass is 344 g/mol. The van der Waals surface area contributed by atoms with E-state index in [2.05, 4.69) is 6.92 Å². The average molecular weight is 345 g/mol. The molecule has 23 heavy (non-hydrogen) atoms. The summed E-state index contributed by atoms with van der Waals surface area (Å²) in [7, 11) is 0. The van der Waals surface area contributed by atoms with E-state index in [1.807, 2.05) is 60.7 Å². The SMILES string of the molecule is CC(CC(C)(SC(=S)c1ccccc1)C(=O)O)c1ccccc1. The molecular weight excluding hydrogens is 324 g/mol. The van der Waals surface area contributed by atoms with E-state index < -0.39 is 10.7 Å². The summed E-state index contributed by atoms with van der Waals surface area (Å²) in [5.74, 6) is -0.688. The maximum Gasteiger partial charge on any atom is 0.319 e. The van der Waals surface area contributed by atoms with Crippen LogP contribution in [0.5, 0.6) is 0 Å². The van der Waals surface area contributed by atoms with Crippen LogP contribution in [-0.4, -0.2) is 20.0 Å². The van der Waals surface area contributed by atoms with Crippen LogP contribution in [-0.2, 0) is 4.79 Å². The van der Waals surface area contributed by atoms with Gasteiger partial charge in [0.2, 0.25) is 0 Å². The summed E-state index contributed by atoms with van der Waals surface area (Å²) in [6.45, 7) is 3.82. The maximum atomic E-state index is 11.9. The zero-order chi connectivity index (χ0) is 16.9. The number of thiocarbonyl (C=S) groups is 1. The average Bonchev–Trinajstić information content (AvgIpc) is 2.56. The van der Waals surface area contributed by atoms with Crippen molar-refractivity contribution in [2.24, 2.45) is 0 Å². The van der Waals surface area contributed by atoms with Crippen LogP contribution < -0.4 is 0 Å². The number of carbonyl (C=O) groups is 1. The van der Waals surface area contributed by atoms with Crippen molar-refractivity contribution in [3.05, 3.63) is 71.8 Å². The lowest BCUT2D eigenvalue weighted by Gasteiger charge is -2.28. The number of rotatable bonds is 6. The molecule has 0 aliphatic carbocycles. The normalized spacial score (nSPS) is 14.7. The standard InChI is InChI=1S/C19H20O2S2/c1-14(15-9-5-3-6-10-15)13-19(2,18(20)21)23-17(22)16-11-7-4-8-12-16/h3-12,14H,13H2,1-2H3,(H,20,21). The smallest absolute Gasteiger partial charge is 0.319 e. The van der Waals surface area contributed by atoms with Gasteiger partial charge in [-0.1, -0.05) is 91.6 Å². The van der Waals surface area contributed by atoms with Crippen molar-refractivity contribution in [2.45, 2.75) is 30.9 Å². The molecule has 2 nitrogen and oxygen atoms in total. The maximum absolute atomic E-state index is 11.9. The summed E-state index contributed by atoms with van der Waals surface area (Å²) < 4.78 is -0.335. The van der Waals surface area contributed by atoms with Gasteiger partial charge in [0.15, 0.2) is 0 Å². The molecule has 0 heterocycles. The van der Waals surface area contributed by atoms with Crippen molar-refractivity contribution in [1.29, 1.82) is 0 Å². The van der Waals surface area contributed by atoms with Crippen LogP contribution in [0.3, 0.4) is 0 Å². The van der Waals surface area contributed by atoms with Crippen LogP contribution in [0.2, 0.25) is 0 Å². The van der Waals surface area contributed by atoms with Gasteiger partial charge in [-0.3, -0.25) is 4.79 Å². The minimum Gasteiger partial charge on any atom is -0.480 e. The Balaban J connectivity index is 2.16. The van der Waals surface area contributed by atoms with E-state index in [4.69, 9.17) is 12.2 Å². The lowest BCUT2D eigenvalue weighted by Crippen LogP contribution is -2.34. The fourth-order valence-electron chi connectivity index (χ4n) is 2.49. The van der Waals surface area contributed by atoms with Gasteiger partial charge in [0, 0.05) is 0 Å². The van der Waals surface area contributed by atoms with E-state index in [1.165, 1.54) is 11.8 Å². The Bertz CT molecular complexity index is 670. The number of benzene rings is 2. The molecule has 0 aliphatic heterocycles. The molecule has 120 valence electrons.